The number of hydrogen-bond acceptors (Lipinski definition) is 5. The summed E-state index contributed by atoms with van der Waals surface area (Å²) in [4.78, 5) is 30.8. The highest BCUT2D eigenvalue weighted by atomic mass is 35.5. The number of nitrogens with zero attached hydrogens (tertiary/aromatic N) is 1. The largest absolute Gasteiger partial charge is 0.310 e. The Kier molecular flexibility index (Phi) is 6.27. The Labute approximate surface area is 272 Å². The summed E-state index contributed by atoms with van der Waals surface area (Å²) in [6.07, 6.45) is 1.72. The quantitative estimate of drug-likeness (QED) is 0.141. The summed E-state index contributed by atoms with van der Waals surface area (Å²) in [7, 11) is 0. The molecule has 2 aliphatic rings. The molecule has 0 aliphatic heterocycles. The van der Waals surface area contributed by atoms with Crippen LogP contribution in [0.2, 0.25) is 10.0 Å². The molecular weight excluding hydrogens is 625 g/mol. The van der Waals surface area contributed by atoms with Gasteiger partial charge in [0.1, 0.15) is 0 Å². The predicted molar refractivity (Wildman–Crippen MR) is 185 cm³/mol. The lowest BCUT2D eigenvalue weighted by Gasteiger charge is -2.28. The topological polar surface area (TPSA) is 37.4 Å². The van der Waals surface area contributed by atoms with Crippen molar-refractivity contribution in [2.45, 2.75) is 19.3 Å². The van der Waals surface area contributed by atoms with E-state index in [0.717, 1.165) is 26.6 Å². The Bertz CT molecular complexity index is 2130. The van der Waals surface area contributed by atoms with Crippen molar-refractivity contribution in [3.05, 3.63) is 140 Å². The van der Waals surface area contributed by atoms with Gasteiger partial charge in [0.05, 0.1) is 20.3 Å². The van der Waals surface area contributed by atoms with Crippen LogP contribution in [-0.4, -0.2) is 11.6 Å². The number of anilines is 3. The molecule has 2 heterocycles. The first kappa shape index (κ1) is 27.5. The summed E-state index contributed by atoms with van der Waals surface area (Å²) < 4.78 is 2.36. The highest BCUT2D eigenvalue weighted by molar-refractivity contribution is 7.30. The summed E-state index contributed by atoms with van der Waals surface area (Å²) in [6, 6.07) is 32.7. The number of thiophene rings is 2. The van der Waals surface area contributed by atoms with Crippen molar-refractivity contribution in [3.63, 3.8) is 0 Å². The molecular formula is C37H23Cl2NO2S2. The van der Waals surface area contributed by atoms with E-state index >= 15 is 0 Å². The molecule has 44 heavy (non-hydrogen) atoms. The minimum atomic E-state index is -0.313. The number of carbonyl (C=O) groups excluding carboxylic acids is 2. The molecule has 8 rings (SSSR count). The van der Waals surface area contributed by atoms with Gasteiger partial charge in [-0.25, -0.2) is 0 Å². The van der Waals surface area contributed by atoms with E-state index in [1.807, 2.05) is 12.1 Å². The monoisotopic (exact) mass is 647 g/mol. The van der Waals surface area contributed by atoms with Crippen molar-refractivity contribution in [2.75, 3.05) is 4.90 Å². The van der Waals surface area contributed by atoms with Crippen LogP contribution in [0.25, 0.3) is 25.9 Å². The number of benzene rings is 4. The van der Waals surface area contributed by atoms with Gasteiger partial charge in [0.25, 0.3) is 0 Å². The molecule has 0 bridgehead atoms. The third kappa shape index (κ3) is 4.07. The molecule has 7 heteroatoms. The van der Waals surface area contributed by atoms with Gasteiger partial charge in [-0.1, -0.05) is 79.5 Å². The fourth-order valence-corrected chi connectivity index (χ4v) is 9.72. The highest BCUT2D eigenvalue weighted by Crippen LogP contribution is 2.58. The average Bonchev–Trinajstić information content (AvgIpc) is 3.70. The maximum Gasteiger partial charge on any atom is 0.197 e. The number of rotatable bonds is 4. The molecule has 0 N–H and O–H groups in total. The van der Waals surface area contributed by atoms with Crippen LogP contribution in [0, 0.1) is 0 Å². The Hall–Kier alpha value is -4.00. The van der Waals surface area contributed by atoms with Crippen LogP contribution < -0.4 is 4.90 Å². The number of Topliss-reactive ketones (excluding diaryl/α,β-unsaturated/α-hetero) is 2. The van der Waals surface area contributed by atoms with E-state index in [9.17, 15) is 9.59 Å². The van der Waals surface area contributed by atoms with Crippen molar-refractivity contribution in [1.29, 1.82) is 0 Å². The van der Waals surface area contributed by atoms with E-state index in [0.29, 0.717) is 11.1 Å². The molecule has 0 spiro atoms. The van der Waals surface area contributed by atoms with Crippen LogP contribution in [-0.2, 0) is 5.41 Å². The first-order valence-corrected chi connectivity index (χ1v) is 16.5. The normalized spacial score (nSPS) is 14.6. The van der Waals surface area contributed by atoms with Crippen molar-refractivity contribution < 1.29 is 9.59 Å². The summed E-state index contributed by atoms with van der Waals surface area (Å²) in [5, 5.41) is 0.529. The van der Waals surface area contributed by atoms with E-state index in [4.69, 9.17) is 23.2 Å². The van der Waals surface area contributed by atoms with Gasteiger partial charge in [-0.15, -0.1) is 22.7 Å². The van der Waals surface area contributed by atoms with E-state index in [2.05, 4.69) is 91.5 Å². The number of allylic oxidation sites excluding steroid dienone is 1. The zero-order chi connectivity index (χ0) is 30.3. The van der Waals surface area contributed by atoms with E-state index in [1.165, 1.54) is 38.4 Å². The average molecular weight is 649 g/mol. The molecule has 3 nitrogen and oxygen atoms in total. The lowest BCUT2D eigenvalue weighted by Crippen LogP contribution is -2.16. The van der Waals surface area contributed by atoms with Gasteiger partial charge >= 0.3 is 0 Å². The fourth-order valence-electron chi connectivity index (χ4n) is 6.45. The van der Waals surface area contributed by atoms with Crippen LogP contribution in [0.4, 0.5) is 17.1 Å². The second kappa shape index (κ2) is 10.0. The van der Waals surface area contributed by atoms with Gasteiger partial charge < -0.3 is 4.90 Å². The summed E-state index contributed by atoms with van der Waals surface area (Å²) in [5.74, 6) is -0.626. The van der Waals surface area contributed by atoms with Gasteiger partial charge in [0, 0.05) is 48.1 Å². The second-order valence-corrected chi connectivity index (χ2v) is 14.5. The molecule has 0 fully saturated rings. The van der Waals surface area contributed by atoms with E-state index in [-0.39, 0.29) is 32.6 Å². The lowest BCUT2D eigenvalue weighted by atomic mass is 9.82. The number of fused-ring (bicyclic) bond motifs is 6. The summed E-state index contributed by atoms with van der Waals surface area (Å²) >= 11 is 15.7. The number of para-hydroxylation sites is 2. The van der Waals surface area contributed by atoms with Gasteiger partial charge in [-0.05, 0) is 77.4 Å². The van der Waals surface area contributed by atoms with Crippen LogP contribution in [0.1, 0.15) is 50.6 Å². The van der Waals surface area contributed by atoms with Gasteiger partial charge in [0.2, 0.25) is 0 Å². The minimum Gasteiger partial charge on any atom is -0.310 e. The summed E-state index contributed by atoms with van der Waals surface area (Å²) in [6.45, 7) is 4.57. The van der Waals surface area contributed by atoms with Crippen molar-refractivity contribution in [3.8, 4) is 10.4 Å². The van der Waals surface area contributed by atoms with Crippen LogP contribution in [0.3, 0.4) is 0 Å². The standard InChI is InChI=1S/C37H23Cl2NO2S2/c1-37(2)28-15-22(40(20-9-5-3-6-10-20)21-11-7-4-8-12-21)13-14-24(28)35-32(37)36-31(44-35)17-23(43-36)16-27-33(41)25-18-29(38)30(39)19-26(25)34(27)42/h3-19H,1-2H3. The van der Waals surface area contributed by atoms with Crippen molar-refractivity contribution >= 4 is 90.0 Å². The zero-order valence-electron chi connectivity index (χ0n) is 23.7. The molecule has 0 saturated heterocycles. The van der Waals surface area contributed by atoms with E-state index in [1.54, 1.807) is 28.7 Å². The first-order valence-electron chi connectivity index (χ1n) is 14.1. The molecule has 0 unspecified atom stereocenters. The molecule has 6 aromatic rings. The predicted octanol–water partition coefficient (Wildman–Crippen LogP) is 11.5. The lowest BCUT2D eigenvalue weighted by molar-refractivity contribution is 0.0990. The Morgan fingerprint density at radius 1 is 0.682 bits per heavy atom. The molecule has 0 amide bonds. The van der Waals surface area contributed by atoms with Crippen LogP contribution in [0.5, 0.6) is 0 Å². The van der Waals surface area contributed by atoms with Crippen LogP contribution in [0.15, 0.2) is 103 Å². The molecule has 2 aromatic heterocycles. The molecule has 0 atom stereocenters. The maximum atomic E-state index is 13.2. The first-order chi connectivity index (χ1) is 21.2. The second-order valence-electron chi connectivity index (χ2n) is 11.5. The number of halogens is 2. The number of carbonyl (C=O) groups is 2. The van der Waals surface area contributed by atoms with Crippen LogP contribution >= 0.6 is 45.9 Å². The van der Waals surface area contributed by atoms with Gasteiger partial charge in [-0.3, -0.25) is 9.59 Å². The SMILES string of the molecule is CC1(C)c2cc(N(c3ccccc3)c3ccccc3)ccc2-c2sc3cc(C=C4C(=O)c5cc(Cl)c(Cl)cc5C4=O)sc3c21. The Balaban J connectivity index is 1.20. The number of hydrogen-bond donors (Lipinski definition) is 0. The highest BCUT2D eigenvalue weighted by Gasteiger charge is 2.40. The molecule has 214 valence electrons. The molecule has 4 aromatic carbocycles. The fraction of sp³-hybridized carbons (Fsp3) is 0.0811. The Morgan fingerprint density at radius 3 is 1.86 bits per heavy atom. The number of ketones is 2. The third-order valence-corrected chi connectivity index (χ3v) is 11.7. The molecule has 0 radical (unpaired) electrons. The van der Waals surface area contributed by atoms with Crippen molar-refractivity contribution in [2.24, 2.45) is 0 Å². The summed E-state index contributed by atoms with van der Waals surface area (Å²) in [5.41, 5.74) is 7.68. The zero-order valence-corrected chi connectivity index (χ0v) is 26.8. The third-order valence-electron chi connectivity index (χ3n) is 8.54. The minimum absolute atomic E-state index is 0.151. The maximum absolute atomic E-state index is 13.2. The van der Waals surface area contributed by atoms with E-state index < -0.39 is 0 Å². The van der Waals surface area contributed by atoms with Gasteiger partial charge in [0.15, 0.2) is 11.6 Å². The molecule has 2 aliphatic carbocycles. The van der Waals surface area contributed by atoms with Crippen molar-refractivity contribution in [1.82, 2.24) is 0 Å². The Morgan fingerprint density at radius 2 is 1.27 bits per heavy atom. The smallest absolute Gasteiger partial charge is 0.197 e. The van der Waals surface area contributed by atoms with Gasteiger partial charge in [-0.2, -0.15) is 0 Å². The molecule has 0 saturated carbocycles.